The highest BCUT2D eigenvalue weighted by Crippen LogP contribution is 2.18. The number of carbonyl (C=O) groups excluding carboxylic acids is 1. The van der Waals surface area contributed by atoms with Crippen LogP contribution in [0.25, 0.3) is 0 Å². The van der Waals surface area contributed by atoms with E-state index in [1.54, 1.807) is 0 Å². The van der Waals surface area contributed by atoms with Gasteiger partial charge in [0.2, 0.25) is 10.0 Å². The molecule has 0 saturated carbocycles. The fraction of sp³-hybridized carbons (Fsp3) is 0.133. The minimum Gasteiger partial charge on any atom is -0.322 e. The third-order valence-electron chi connectivity index (χ3n) is 3.10. The summed E-state index contributed by atoms with van der Waals surface area (Å²) in [5, 5.41) is 7.31. The molecular formula is C15H15FN2O5S2. The highest BCUT2D eigenvalue weighted by atomic mass is 32.2. The van der Waals surface area contributed by atoms with Crippen LogP contribution in [0, 0.1) is 5.82 Å². The van der Waals surface area contributed by atoms with Crippen LogP contribution < -0.4 is 10.5 Å². The monoisotopic (exact) mass is 386 g/mol. The summed E-state index contributed by atoms with van der Waals surface area (Å²) >= 11 is 0. The molecule has 25 heavy (non-hydrogen) atoms. The van der Waals surface area contributed by atoms with E-state index >= 15 is 0 Å². The molecule has 3 N–H and O–H groups in total. The van der Waals surface area contributed by atoms with E-state index < -0.39 is 36.5 Å². The van der Waals surface area contributed by atoms with Crippen LogP contribution >= 0.6 is 0 Å². The molecule has 0 spiro atoms. The van der Waals surface area contributed by atoms with Crippen LogP contribution in [0.4, 0.5) is 10.1 Å². The van der Waals surface area contributed by atoms with Gasteiger partial charge in [-0.15, -0.1) is 0 Å². The average Bonchev–Trinajstić information content (AvgIpc) is 2.44. The molecule has 0 bridgehead atoms. The largest absolute Gasteiger partial charge is 0.322 e. The van der Waals surface area contributed by atoms with Crippen LogP contribution in [0.1, 0.15) is 15.9 Å². The Labute approximate surface area is 144 Å². The summed E-state index contributed by atoms with van der Waals surface area (Å²) in [4.78, 5) is 11.7. The second-order valence-electron chi connectivity index (χ2n) is 5.44. The summed E-state index contributed by atoms with van der Waals surface area (Å²) in [5.41, 5.74) is 0.634. The first-order chi connectivity index (χ1) is 11.4. The van der Waals surface area contributed by atoms with Gasteiger partial charge in [-0.25, -0.2) is 26.4 Å². The van der Waals surface area contributed by atoms with Gasteiger partial charge in [0.25, 0.3) is 5.91 Å². The quantitative estimate of drug-likeness (QED) is 0.801. The first-order valence-corrected chi connectivity index (χ1v) is 10.5. The molecule has 0 aliphatic rings. The Morgan fingerprint density at radius 2 is 1.68 bits per heavy atom. The SMILES string of the molecule is CS(=O)(=O)Cc1ccc(C(=O)Nc2cc(F)cc(S(N)(=O)=O)c2)cc1. The molecule has 2 aromatic carbocycles. The third kappa shape index (κ3) is 5.62. The summed E-state index contributed by atoms with van der Waals surface area (Å²) in [7, 11) is -7.31. The van der Waals surface area contributed by atoms with Gasteiger partial charge in [-0.3, -0.25) is 4.79 Å². The Kier molecular flexibility index (Phi) is 5.26. The summed E-state index contributed by atoms with van der Waals surface area (Å²) in [5.74, 6) is -1.64. The number of primary sulfonamides is 1. The summed E-state index contributed by atoms with van der Waals surface area (Å²) in [6.07, 6.45) is 1.10. The van der Waals surface area contributed by atoms with Crippen molar-refractivity contribution in [3.05, 3.63) is 59.4 Å². The average molecular weight is 386 g/mol. The van der Waals surface area contributed by atoms with Gasteiger partial charge in [0, 0.05) is 17.5 Å². The Morgan fingerprint density at radius 3 is 2.20 bits per heavy atom. The van der Waals surface area contributed by atoms with Crippen molar-refractivity contribution in [1.82, 2.24) is 0 Å². The second-order valence-corrected chi connectivity index (χ2v) is 9.14. The lowest BCUT2D eigenvalue weighted by Gasteiger charge is -2.08. The fourth-order valence-corrected chi connectivity index (χ4v) is 3.42. The molecule has 0 radical (unpaired) electrons. The second kappa shape index (κ2) is 6.90. The van der Waals surface area contributed by atoms with E-state index in [9.17, 15) is 26.0 Å². The van der Waals surface area contributed by atoms with Crippen LogP contribution in [0.2, 0.25) is 0 Å². The maximum absolute atomic E-state index is 13.5. The van der Waals surface area contributed by atoms with E-state index in [1.807, 2.05) is 0 Å². The van der Waals surface area contributed by atoms with Crippen molar-refractivity contribution in [2.45, 2.75) is 10.6 Å². The number of benzene rings is 2. The van der Waals surface area contributed by atoms with Crippen molar-refractivity contribution < 1.29 is 26.0 Å². The fourth-order valence-electron chi connectivity index (χ4n) is 2.06. The van der Waals surface area contributed by atoms with Crippen molar-refractivity contribution in [2.24, 2.45) is 5.14 Å². The van der Waals surface area contributed by atoms with Crippen LogP contribution in [0.3, 0.4) is 0 Å². The predicted octanol–water partition coefficient (Wildman–Crippen LogP) is 1.27. The van der Waals surface area contributed by atoms with Crippen LogP contribution in [-0.2, 0) is 25.6 Å². The molecule has 0 fully saturated rings. The summed E-state index contributed by atoms with van der Waals surface area (Å²) in [6.45, 7) is 0. The topological polar surface area (TPSA) is 123 Å². The number of hydrogen-bond acceptors (Lipinski definition) is 5. The zero-order chi connectivity index (χ0) is 18.8. The smallest absolute Gasteiger partial charge is 0.255 e. The van der Waals surface area contributed by atoms with Crippen molar-refractivity contribution in [3.63, 3.8) is 0 Å². The zero-order valence-electron chi connectivity index (χ0n) is 13.1. The highest BCUT2D eigenvalue weighted by molar-refractivity contribution is 7.90. The predicted molar refractivity (Wildman–Crippen MR) is 90.7 cm³/mol. The highest BCUT2D eigenvalue weighted by Gasteiger charge is 2.13. The van der Waals surface area contributed by atoms with Gasteiger partial charge in [0.05, 0.1) is 10.6 Å². The normalized spacial score (nSPS) is 12.0. The van der Waals surface area contributed by atoms with Gasteiger partial charge >= 0.3 is 0 Å². The van der Waals surface area contributed by atoms with Gasteiger partial charge in [0.15, 0.2) is 9.84 Å². The van der Waals surface area contributed by atoms with E-state index in [4.69, 9.17) is 5.14 Å². The minimum absolute atomic E-state index is 0.0748. The van der Waals surface area contributed by atoms with E-state index in [-0.39, 0.29) is 17.0 Å². The van der Waals surface area contributed by atoms with Gasteiger partial charge in [-0.2, -0.15) is 0 Å². The molecule has 2 rings (SSSR count). The van der Waals surface area contributed by atoms with Gasteiger partial charge < -0.3 is 5.32 Å². The minimum atomic E-state index is -4.12. The molecule has 0 aliphatic carbocycles. The third-order valence-corrected chi connectivity index (χ3v) is 4.85. The molecule has 0 aliphatic heterocycles. The lowest BCUT2D eigenvalue weighted by molar-refractivity contribution is 0.102. The van der Waals surface area contributed by atoms with E-state index in [2.05, 4.69) is 5.32 Å². The standard InChI is InChI=1S/C15H15FN2O5S2/c1-24(20,21)9-10-2-4-11(5-3-10)15(19)18-13-6-12(16)7-14(8-13)25(17,22)23/h2-8H,9H2,1H3,(H,18,19)(H2,17,22,23). The van der Waals surface area contributed by atoms with Crippen molar-refractivity contribution in [3.8, 4) is 0 Å². The van der Waals surface area contributed by atoms with Crippen molar-refractivity contribution in [2.75, 3.05) is 11.6 Å². The molecule has 134 valence electrons. The lowest BCUT2D eigenvalue weighted by atomic mass is 10.1. The van der Waals surface area contributed by atoms with Crippen LogP contribution in [-0.4, -0.2) is 29.0 Å². The van der Waals surface area contributed by atoms with E-state index in [1.165, 1.54) is 24.3 Å². The number of amides is 1. The van der Waals surface area contributed by atoms with Crippen molar-refractivity contribution in [1.29, 1.82) is 0 Å². The Bertz CT molecular complexity index is 1020. The van der Waals surface area contributed by atoms with Crippen molar-refractivity contribution >= 4 is 31.5 Å². The molecule has 0 aromatic heterocycles. The first kappa shape index (κ1) is 19.0. The molecule has 1 amide bonds. The molecular weight excluding hydrogens is 371 g/mol. The van der Waals surface area contributed by atoms with E-state index in [0.717, 1.165) is 24.5 Å². The van der Waals surface area contributed by atoms with E-state index in [0.29, 0.717) is 5.56 Å². The maximum Gasteiger partial charge on any atom is 0.255 e. The maximum atomic E-state index is 13.5. The number of halogens is 1. The number of anilines is 1. The molecule has 2 aromatic rings. The number of nitrogens with one attached hydrogen (secondary N) is 1. The number of nitrogens with two attached hydrogens (primary N) is 1. The van der Waals surface area contributed by atoms with Gasteiger partial charge in [-0.1, -0.05) is 12.1 Å². The molecule has 0 atom stereocenters. The molecule has 0 saturated heterocycles. The molecule has 10 heteroatoms. The number of carbonyl (C=O) groups is 1. The van der Waals surface area contributed by atoms with Gasteiger partial charge in [0.1, 0.15) is 5.82 Å². The number of hydrogen-bond donors (Lipinski definition) is 2. The zero-order valence-corrected chi connectivity index (χ0v) is 14.7. The first-order valence-electron chi connectivity index (χ1n) is 6.85. The number of rotatable bonds is 5. The molecule has 0 unspecified atom stereocenters. The van der Waals surface area contributed by atoms with Crippen LogP contribution in [0.15, 0.2) is 47.4 Å². The summed E-state index contributed by atoms with van der Waals surface area (Å²) < 4.78 is 58.5. The Balaban J connectivity index is 2.21. The van der Waals surface area contributed by atoms with Crippen LogP contribution in [0.5, 0.6) is 0 Å². The Hall–Kier alpha value is -2.30. The lowest BCUT2D eigenvalue weighted by Crippen LogP contribution is -2.15. The number of sulfonamides is 1. The molecule has 7 nitrogen and oxygen atoms in total. The Morgan fingerprint density at radius 1 is 1.08 bits per heavy atom. The molecule has 0 heterocycles. The van der Waals surface area contributed by atoms with Gasteiger partial charge in [-0.05, 0) is 35.9 Å². The number of sulfone groups is 1. The summed E-state index contributed by atoms with van der Waals surface area (Å²) in [6, 6.07) is 8.52.